The van der Waals surface area contributed by atoms with Gasteiger partial charge in [0.15, 0.2) is 0 Å². The van der Waals surface area contributed by atoms with Crippen LogP contribution in [0.2, 0.25) is 0 Å². The number of hydrogen-bond acceptors (Lipinski definition) is 4. The Morgan fingerprint density at radius 3 is 2.65 bits per heavy atom. The zero-order valence-corrected chi connectivity index (χ0v) is 14.8. The summed E-state index contributed by atoms with van der Waals surface area (Å²) >= 11 is 0. The van der Waals surface area contributed by atoms with Gasteiger partial charge in [-0.2, -0.15) is 0 Å². The molecule has 3 rings (SSSR count). The molecule has 1 aliphatic heterocycles. The fourth-order valence-electron chi connectivity index (χ4n) is 4.35. The summed E-state index contributed by atoms with van der Waals surface area (Å²) in [6, 6.07) is 2.16. The Hall–Kier alpha value is -0.970. The van der Waals surface area contributed by atoms with Gasteiger partial charge in [0.05, 0.1) is 13.2 Å². The Kier molecular flexibility index (Phi) is 5.67. The van der Waals surface area contributed by atoms with Crippen molar-refractivity contribution >= 4 is 0 Å². The number of pyridine rings is 1. The second-order valence-corrected chi connectivity index (χ2v) is 7.36. The monoisotopic (exact) mass is 317 g/mol. The summed E-state index contributed by atoms with van der Waals surface area (Å²) in [4.78, 5) is 9.46. The topological polar surface area (TPSA) is 28.6 Å². The Morgan fingerprint density at radius 2 is 1.96 bits per heavy atom. The van der Waals surface area contributed by atoms with Gasteiger partial charge in [0.1, 0.15) is 0 Å². The minimum absolute atomic E-state index is 0.359. The second kappa shape index (κ2) is 7.73. The smallest absolute Gasteiger partial charge is 0.0594 e. The Labute approximate surface area is 140 Å². The highest BCUT2D eigenvalue weighted by Gasteiger charge is 2.39. The van der Waals surface area contributed by atoms with E-state index in [0.29, 0.717) is 5.54 Å². The van der Waals surface area contributed by atoms with Crippen LogP contribution in [0.3, 0.4) is 0 Å². The van der Waals surface area contributed by atoms with E-state index in [2.05, 4.69) is 34.8 Å². The van der Waals surface area contributed by atoms with Crippen molar-refractivity contribution in [3.63, 3.8) is 0 Å². The Bertz CT molecular complexity index is 493. The summed E-state index contributed by atoms with van der Waals surface area (Å²) in [5.41, 5.74) is 3.05. The maximum atomic E-state index is 5.59. The number of morpholine rings is 1. The maximum absolute atomic E-state index is 5.59. The van der Waals surface area contributed by atoms with Crippen molar-refractivity contribution in [1.82, 2.24) is 14.8 Å². The molecule has 0 spiro atoms. The molecular formula is C19H31N3O. The summed E-state index contributed by atoms with van der Waals surface area (Å²) in [5, 5.41) is 0. The van der Waals surface area contributed by atoms with Crippen molar-refractivity contribution in [3.8, 4) is 0 Å². The fraction of sp³-hybridized carbons (Fsp3) is 0.737. The standard InChI is InChI=1S/C19H31N3O/c1-17-14-20-9-6-18(17)15-21(2)16-19(7-4-3-5-8-19)22-10-12-23-13-11-22/h6,9,14H,3-5,7-8,10-13,15-16H2,1-2H3. The molecule has 4 heteroatoms. The molecule has 0 atom stereocenters. The van der Waals surface area contributed by atoms with Gasteiger partial charge in [0, 0.05) is 44.1 Å². The van der Waals surface area contributed by atoms with E-state index >= 15 is 0 Å². The molecule has 4 nitrogen and oxygen atoms in total. The molecule has 2 aliphatic rings. The number of aromatic nitrogens is 1. The third-order valence-electron chi connectivity index (χ3n) is 5.61. The Balaban J connectivity index is 1.69. The summed E-state index contributed by atoms with van der Waals surface area (Å²) in [6.07, 6.45) is 10.7. The van der Waals surface area contributed by atoms with Crippen LogP contribution < -0.4 is 0 Å². The van der Waals surface area contributed by atoms with Gasteiger partial charge in [-0.3, -0.25) is 9.88 Å². The normalized spacial score (nSPS) is 22.4. The third kappa shape index (κ3) is 4.11. The van der Waals surface area contributed by atoms with Gasteiger partial charge in [0.2, 0.25) is 0 Å². The van der Waals surface area contributed by atoms with E-state index < -0.39 is 0 Å². The number of nitrogens with zero attached hydrogens (tertiary/aromatic N) is 3. The molecule has 0 bridgehead atoms. The lowest BCUT2D eigenvalue weighted by atomic mass is 9.79. The number of aryl methyl sites for hydroxylation is 1. The summed E-state index contributed by atoms with van der Waals surface area (Å²) in [7, 11) is 2.27. The average molecular weight is 317 g/mol. The number of hydrogen-bond donors (Lipinski definition) is 0. The predicted molar refractivity (Wildman–Crippen MR) is 93.5 cm³/mol. The molecule has 128 valence electrons. The van der Waals surface area contributed by atoms with E-state index in [4.69, 9.17) is 4.74 Å². The van der Waals surface area contributed by atoms with Crippen LogP contribution in [-0.2, 0) is 11.3 Å². The van der Waals surface area contributed by atoms with Gasteiger partial charge in [-0.05, 0) is 44.0 Å². The average Bonchev–Trinajstić information content (AvgIpc) is 2.58. The van der Waals surface area contributed by atoms with Crippen molar-refractivity contribution in [2.24, 2.45) is 0 Å². The number of ether oxygens (including phenoxy) is 1. The molecule has 1 saturated carbocycles. The SMILES string of the molecule is Cc1cnccc1CN(C)CC1(N2CCOCC2)CCCCC1. The van der Waals surface area contributed by atoms with Gasteiger partial charge in [-0.1, -0.05) is 19.3 Å². The zero-order chi connectivity index (χ0) is 16.1. The third-order valence-corrected chi connectivity index (χ3v) is 5.61. The van der Waals surface area contributed by atoms with Crippen LogP contribution >= 0.6 is 0 Å². The Morgan fingerprint density at radius 1 is 1.22 bits per heavy atom. The van der Waals surface area contributed by atoms with Crippen LogP contribution in [0, 0.1) is 6.92 Å². The zero-order valence-electron chi connectivity index (χ0n) is 14.8. The predicted octanol–water partition coefficient (Wildman–Crippen LogP) is 2.86. The molecule has 23 heavy (non-hydrogen) atoms. The molecule has 1 aromatic heterocycles. The minimum atomic E-state index is 0.359. The van der Waals surface area contributed by atoms with Crippen LogP contribution in [0.5, 0.6) is 0 Å². The highest BCUT2D eigenvalue weighted by molar-refractivity contribution is 5.21. The van der Waals surface area contributed by atoms with Crippen LogP contribution in [0.15, 0.2) is 18.5 Å². The van der Waals surface area contributed by atoms with Crippen molar-refractivity contribution in [2.75, 3.05) is 39.9 Å². The summed E-state index contributed by atoms with van der Waals surface area (Å²) in [5.74, 6) is 0. The quantitative estimate of drug-likeness (QED) is 0.835. The molecular weight excluding hydrogens is 286 g/mol. The van der Waals surface area contributed by atoms with Crippen LogP contribution in [-0.4, -0.2) is 60.2 Å². The van der Waals surface area contributed by atoms with E-state index in [-0.39, 0.29) is 0 Å². The lowest BCUT2D eigenvalue weighted by Gasteiger charge is -2.49. The molecule has 1 saturated heterocycles. The van der Waals surface area contributed by atoms with Crippen molar-refractivity contribution in [2.45, 2.75) is 51.1 Å². The first-order valence-corrected chi connectivity index (χ1v) is 9.10. The summed E-state index contributed by atoms with van der Waals surface area (Å²) in [6.45, 7) is 8.33. The van der Waals surface area contributed by atoms with Gasteiger partial charge >= 0.3 is 0 Å². The van der Waals surface area contributed by atoms with Gasteiger partial charge in [0.25, 0.3) is 0 Å². The summed E-state index contributed by atoms with van der Waals surface area (Å²) < 4.78 is 5.59. The molecule has 2 fully saturated rings. The van der Waals surface area contributed by atoms with Crippen molar-refractivity contribution < 1.29 is 4.74 Å². The van der Waals surface area contributed by atoms with Crippen LogP contribution in [0.4, 0.5) is 0 Å². The molecule has 0 aromatic carbocycles. The molecule has 0 N–H and O–H groups in total. The molecule has 0 unspecified atom stereocenters. The lowest BCUT2D eigenvalue weighted by molar-refractivity contribution is -0.0491. The largest absolute Gasteiger partial charge is 0.379 e. The molecule has 2 heterocycles. The first-order valence-electron chi connectivity index (χ1n) is 9.10. The maximum Gasteiger partial charge on any atom is 0.0594 e. The van der Waals surface area contributed by atoms with Gasteiger partial charge in [-0.25, -0.2) is 0 Å². The van der Waals surface area contributed by atoms with Gasteiger partial charge in [-0.15, -0.1) is 0 Å². The molecule has 0 radical (unpaired) electrons. The lowest BCUT2D eigenvalue weighted by Crippen LogP contribution is -2.59. The highest BCUT2D eigenvalue weighted by atomic mass is 16.5. The van der Waals surface area contributed by atoms with E-state index in [0.717, 1.165) is 39.4 Å². The van der Waals surface area contributed by atoms with E-state index in [1.54, 1.807) is 0 Å². The highest BCUT2D eigenvalue weighted by Crippen LogP contribution is 2.35. The second-order valence-electron chi connectivity index (χ2n) is 7.36. The first-order chi connectivity index (χ1) is 11.2. The van der Waals surface area contributed by atoms with Crippen molar-refractivity contribution in [3.05, 3.63) is 29.6 Å². The van der Waals surface area contributed by atoms with Crippen molar-refractivity contribution in [1.29, 1.82) is 0 Å². The van der Waals surface area contributed by atoms with Crippen LogP contribution in [0.1, 0.15) is 43.2 Å². The van der Waals surface area contributed by atoms with Gasteiger partial charge < -0.3 is 9.64 Å². The van der Waals surface area contributed by atoms with E-state index in [9.17, 15) is 0 Å². The van der Waals surface area contributed by atoms with Crippen LogP contribution in [0.25, 0.3) is 0 Å². The minimum Gasteiger partial charge on any atom is -0.379 e. The molecule has 1 aromatic rings. The molecule has 0 amide bonds. The first kappa shape index (κ1) is 16.9. The van der Waals surface area contributed by atoms with E-state index in [1.807, 2.05) is 12.4 Å². The fourth-order valence-corrected chi connectivity index (χ4v) is 4.35. The van der Waals surface area contributed by atoms with E-state index in [1.165, 1.54) is 43.2 Å². The molecule has 1 aliphatic carbocycles. The number of rotatable bonds is 5. The number of likely N-dealkylation sites (N-methyl/N-ethyl adjacent to an activating group) is 1.